The highest BCUT2D eigenvalue weighted by Gasteiger charge is 2.57. The number of fused-ring (bicyclic) bond motifs is 4. The molecule has 2 N–H and O–H groups in total. The summed E-state index contributed by atoms with van der Waals surface area (Å²) in [4.78, 5) is 10.8. The second-order valence-corrected chi connectivity index (χ2v) is 12.3. The van der Waals surface area contributed by atoms with Crippen molar-refractivity contribution in [2.24, 2.45) is 34.0 Å². The summed E-state index contributed by atoms with van der Waals surface area (Å²) in [6, 6.07) is 0. The fourth-order valence-corrected chi connectivity index (χ4v) is 8.52. The van der Waals surface area contributed by atoms with E-state index in [1.807, 2.05) is 0 Å². The van der Waals surface area contributed by atoms with E-state index in [1.54, 1.807) is 16.7 Å². The van der Waals surface area contributed by atoms with Crippen LogP contribution in [0.1, 0.15) is 105 Å². The predicted octanol–water partition coefficient (Wildman–Crippen LogP) is 6.91. The summed E-state index contributed by atoms with van der Waals surface area (Å²) in [7, 11) is 0. The van der Waals surface area contributed by atoms with Gasteiger partial charge in [-0.3, -0.25) is 4.79 Å². The molecule has 1 fully saturated rings. The molecule has 0 heterocycles. The summed E-state index contributed by atoms with van der Waals surface area (Å²) in [6.45, 7) is 12.0. The fourth-order valence-electron chi connectivity index (χ4n) is 8.52. The molecule has 4 aliphatic rings. The number of carboxylic acid groups (broad SMARTS) is 1. The Morgan fingerprint density at radius 3 is 2.55 bits per heavy atom. The number of aliphatic hydroxyl groups is 1. The number of hydrogen-bond acceptors (Lipinski definition) is 2. The van der Waals surface area contributed by atoms with Crippen molar-refractivity contribution in [2.75, 3.05) is 0 Å². The molecule has 4 rings (SSSR count). The van der Waals surface area contributed by atoms with Gasteiger partial charge in [-0.15, -0.1) is 0 Å². The van der Waals surface area contributed by atoms with Gasteiger partial charge in [-0.05, 0) is 96.5 Å². The zero-order chi connectivity index (χ0) is 22.6. The van der Waals surface area contributed by atoms with Gasteiger partial charge in [0.25, 0.3) is 0 Å². The Morgan fingerprint density at radius 2 is 1.84 bits per heavy atom. The van der Waals surface area contributed by atoms with Crippen LogP contribution >= 0.6 is 0 Å². The van der Waals surface area contributed by atoms with Gasteiger partial charge < -0.3 is 10.2 Å². The maximum absolute atomic E-state index is 10.8. The Kier molecular flexibility index (Phi) is 5.99. The third-order valence-electron chi connectivity index (χ3n) is 10.4. The van der Waals surface area contributed by atoms with Gasteiger partial charge in [-0.25, -0.2) is 0 Å². The topological polar surface area (TPSA) is 57.5 Å². The van der Waals surface area contributed by atoms with Crippen LogP contribution in [-0.2, 0) is 4.79 Å². The SMILES string of the molecule is C[C@H](CCCCC(=O)O)[C@H]1CC=C2C3=C(CC[C@@]21C)[C@@]1(C)CC[C@H](O)C(C)(C)[C@@H]1CC3. The molecular weight excluding hydrogens is 384 g/mol. The highest BCUT2D eigenvalue weighted by Crippen LogP contribution is 2.66. The van der Waals surface area contributed by atoms with Crippen LogP contribution in [-0.4, -0.2) is 22.3 Å². The number of aliphatic hydroxyl groups excluding tert-OH is 1. The van der Waals surface area contributed by atoms with E-state index in [-0.39, 0.29) is 22.3 Å². The molecular formula is C28H44O3. The molecule has 0 bridgehead atoms. The minimum atomic E-state index is -0.668. The standard InChI is InChI=1S/C28H44O3/c1-18(8-6-7-9-25(30)31)20-11-12-21-19-10-13-23-26(2,3)24(29)15-17-28(23,5)22(19)14-16-27(20,21)4/h12,18,20,23-24,29H,6-11,13-17H2,1-5H3,(H,30,31)/t18-,20-,23+,24+,27-,28-/m1/s1. The summed E-state index contributed by atoms with van der Waals surface area (Å²) in [5.41, 5.74) is 5.64. The highest BCUT2D eigenvalue weighted by atomic mass is 16.4. The molecule has 6 atom stereocenters. The maximum Gasteiger partial charge on any atom is 0.303 e. The Bertz CT molecular complexity index is 790. The zero-order valence-electron chi connectivity index (χ0n) is 20.5. The van der Waals surface area contributed by atoms with Gasteiger partial charge in [0.15, 0.2) is 0 Å². The van der Waals surface area contributed by atoms with Crippen molar-refractivity contribution in [1.29, 1.82) is 0 Å². The van der Waals surface area contributed by atoms with Crippen LogP contribution in [0.2, 0.25) is 0 Å². The summed E-state index contributed by atoms with van der Waals surface area (Å²) < 4.78 is 0. The van der Waals surface area contributed by atoms with Crippen LogP contribution in [0, 0.1) is 34.0 Å². The first-order chi connectivity index (χ1) is 14.5. The van der Waals surface area contributed by atoms with Crippen LogP contribution in [0.3, 0.4) is 0 Å². The minimum Gasteiger partial charge on any atom is -0.481 e. The largest absolute Gasteiger partial charge is 0.481 e. The van der Waals surface area contributed by atoms with Crippen molar-refractivity contribution >= 4 is 5.97 Å². The number of aliphatic carboxylic acids is 1. The van der Waals surface area contributed by atoms with Crippen LogP contribution in [0.25, 0.3) is 0 Å². The van der Waals surface area contributed by atoms with Gasteiger partial charge in [0, 0.05) is 6.42 Å². The quantitative estimate of drug-likeness (QED) is 0.452. The third-order valence-corrected chi connectivity index (χ3v) is 10.4. The average Bonchev–Trinajstić information content (AvgIpc) is 3.05. The van der Waals surface area contributed by atoms with Gasteiger partial charge in [-0.1, -0.05) is 59.1 Å². The normalized spacial score (nSPS) is 39.9. The molecule has 0 radical (unpaired) electrons. The number of carboxylic acids is 1. The molecule has 0 aliphatic heterocycles. The number of carbonyl (C=O) groups is 1. The Labute approximate surface area is 189 Å². The van der Waals surface area contributed by atoms with E-state index in [0.29, 0.717) is 24.2 Å². The van der Waals surface area contributed by atoms with Crippen molar-refractivity contribution in [3.8, 4) is 0 Å². The molecule has 3 nitrogen and oxygen atoms in total. The summed E-state index contributed by atoms with van der Waals surface area (Å²) in [5.74, 6) is 1.25. The summed E-state index contributed by atoms with van der Waals surface area (Å²) >= 11 is 0. The van der Waals surface area contributed by atoms with Crippen molar-refractivity contribution < 1.29 is 15.0 Å². The second-order valence-electron chi connectivity index (χ2n) is 12.3. The van der Waals surface area contributed by atoms with E-state index in [0.717, 1.165) is 32.1 Å². The van der Waals surface area contributed by atoms with Gasteiger partial charge in [0.05, 0.1) is 6.10 Å². The molecule has 0 amide bonds. The van der Waals surface area contributed by atoms with Crippen molar-refractivity contribution in [3.05, 3.63) is 22.8 Å². The van der Waals surface area contributed by atoms with E-state index in [9.17, 15) is 9.90 Å². The molecule has 0 aromatic carbocycles. The first-order valence-electron chi connectivity index (χ1n) is 12.8. The van der Waals surface area contributed by atoms with Crippen LogP contribution < -0.4 is 0 Å². The molecule has 174 valence electrons. The molecule has 3 heteroatoms. The van der Waals surface area contributed by atoms with E-state index in [1.165, 1.54) is 32.1 Å². The lowest BCUT2D eigenvalue weighted by atomic mass is 9.46. The molecule has 0 unspecified atom stereocenters. The summed E-state index contributed by atoms with van der Waals surface area (Å²) in [6.07, 6.45) is 13.8. The van der Waals surface area contributed by atoms with E-state index in [4.69, 9.17) is 5.11 Å². The lowest BCUT2D eigenvalue weighted by Crippen LogP contribution is -2.53. The molecule has 0 aromatic heterocycles. The van der Waals surface area contributed by atoms with Crippen molar-refractivity contribution in [3.63, 3.8) is 0 Å². The first kappa shape index (κ1) is 23.1. The van der Waals surface area contributed by atoms with Crippen LogP contribution in [0.4, 0.5) is 0 Å². The lowest BCUT2D eigenvalue weighted by molar-refractivity contribution is -0.137. The molecule has 31 heavy (non-hydrogen) atoms. The predicted molar refractivity (Wildman–Crippen MR) is 126 cm³/mol. The van der Waals surface area contributed by atoms with Crippen molar-refractivity contribution in [1.82, 2.24) is 0 Å². The first-order valence-corrected chi connectivity index (χ1v) is 12.8. The Morgan fingerprint density at radius 1 is 1.10 bits per heavy atom. The smallest absolute Gasteiger partial charge is 0.303 e. The van der Waals surface area contributed by atoms with Gasteiger partial charge in [0.2, 0.25) is 0 Å². The lowest BCUT2D eigenvalue weighted by Gasteiger charge is -2.59. The fraction of sp³-hybridized carbons (Fsp3) is 0.821. The van der Waals surface area contributed by atoms with E-state index in [2.05, 4.69) is 40.7 Å². The van der Waals surface area contributed by atoms with Gasteiger partial charge >= 0.3 is 5.97 Å². The minimum absolute atomic E-state index is 0.00331. The molecule has 0 aromatic rings. The summed E-state index contributed by atoms with van der Waals surface area (Å²) in [5, 5.41) is 19.7. The third kappa shape index (κ3) is 3.63. The van der Waals surface area contributed by atoms with Crippen molar-refractivity contribution in [2.45, 2.75) is 111 Å². The number of allylic oxidation sites excluding steroid dienone is 4. The monoisotopic (exact) mass is 428 g/mol. The number of unbranched alkanes of at least 4 members (excludes halogenated alkanes) is 1. The Balaban J connectivity index is 1.54. The number of hydrogen-bond donors (Lipinski definition) is 2. The van der Waals surface area contributed by atoms with Crippen LogP contribution in [0.5, 0.6) is 0 Å². The van der Waals surface area contributed by atoms with E-state index < -0.39 is 5.97 Å². The van der Waals surface area contributed by atoms with Crippen LogP contribution in [0.15, 0.2) is 22.8 Å². The van der Waals surface area contributed by atoms with E-state index >= 15 is 0 Å². The zero-order valence-corrected chi connectivity index (χ0v) is 20.5. The molecule has 1 saturated carbocycles. The second kappa shape index (κ2) is 8.04. The highest BCUT2D eigenvalue weighted by molar-refractivity contribution is 5.66. The molecule has 4 aliphatic carbocycles. The Hall–Kier alpha value is -1.09. The number of rotatable bonds is 6. The molecule has 0 spiro atoms. The van der Waals surface area contributed by atoms with Gasteiger partial charge in [0.1, 0.15) is 0 Å². The van der Waals surface area contributed by atoms with Gasteiger partial charge in [-0.2, -0.15) is 0 Å². The molecule has 0 saturated heterocycles. The maximum atomic E-state index is 10.8. The average molecular weight is 429 g/mol.